The summed E-state index contributed by atoms with van der Waals surface area (Å²) in [6.45, 7) is 4.08. The van der Waals surface area contributed by atoms with Gasteiger partial charge >= 0.3 is 5.97 Å². The number of carboxylic acid groups (broad SMARTS) is 1. The number of hydrogen-bond acceptors (Lipinski definition) is 3. The molecule has 0 radical (unpaired) electrons. The summed E-state index contributed by atoms with van der Waals surface area (Å²) in [5, 5.41) is 12.3. The molecule has 0 aliphatic heterocycles. The molecule has 3 atom stereocenters. The quantitative estimate of drug-likeness (QED) is 0.617. The SMILES string of the molecule is CCCC(CC)[S+]([O-])C[C@H](NC1CC1)C(=O)O. The highest BCUT2D eigenvalue weighted by molar-refractivity contribution is 7.92. The van der Waals surface area contributed by atoms with Crippen LogP contribution in [0.2, 0.25) is 0 Å². The van der Waals surface area contributed by atoms with Crippen molar-refractivity contribution in [3.05, 3.63) is 0 Å². The Bertz CT molecular complexity index is 246. The van der Waals surface area contributed by atoms with Gasteiger partial charge in [0.15, 0.2) is 6.04 Å². The molecular weight excluding hydrogens is 238 g/mol. The summed E-state index contributed by atoms with van der Waals surface area (Å²) in [7, 11) is 0. The molecule has 1 saturated carbocycles. The monoisotopic (exact) mass is 261 g/mol. The van der Waals surface area contributed by atoms with Crippen molar-refractivity contribution in [1.29, 1.82) is 0 Å². The Labute approximate surface area is 106 Å². The molecule has 100 valence electrons. The highest BCUT2D eigenvalue weighted by Gasteiger charge is 2.33. The van der Waals surface area contributed by atoms with Crippen LogP contribution in [0.3, 0.4) is 0 Å². The van der Waals surface area contributed by atoms with Crippen LogP contribution in [0.15, 0.2) is 0 Å². The molecule has 17 heavy (non-hydrogen) atoms. The third-order valence-corrected chi connectivity index (χ3v) is 5.06. The predicted molar refractivity (Wildman–Crippen MR) is 69.6 cm³/mol. The Balaban J connectivity index is 2.43. The average Bonchev–Trinajstić information content (AvgIpc) is 3.08. The van der Waals surface area contributed by atoms with E-state index in [9.17, 15) is 9.35 Å². The second-order valence-electron chi connectivity index (χ2n) is 4.70. The smallest absolute Gasteiger partial charge is 0.325 e. The molecule has 1 fully saturated rings. The molecule has 0 heterocycles. The van der Waals surface area contributed by atoms with Crippen LogP contribution in [0, 0.1) is 0 Å². The van der Waals surface area contributed by atoms with Gasteiger partial charge in [-0.2, -0.15) is 0 Å². The van der Waals surface area contributed by atoms with Gasteiger partial charge in [-0.1, -0.05) is 20.3 Å². The lowest BCUT2D eigenvalue weighted by Gasteiger charge is -2.23. The van der Waals surface area contributed by atoms with E-state index in [-0.39, 0.29) is 11.0 Å². The zero-order chi connectivity index (χ0) is 12.8. The first-order valence-electron chi connectivity index (χ1n) is 6.44. The summed E-state index contributed by atoms with van der Waals surface area (Å²) in [5.74, 6) is -0.638. The predicted octanol–water partition coefficient (Wildman–Crippen LogP) is 1.52. The Morgan fingerprint density at radius 3 is 2.59 bits per heavy atom. The fraction of sp³-hybridized carbons (Fsp3) is 0.917. The number of carbonyl (C=O) groups is 1. The fourth-order valence-corrected chi connectivity index (χ4v) is 3.58. The lowest BCUT2D eigenvalue weighted by atomic mass is 10.2. The summed E-state index contributed by atoms with van der Waals surface area (Å²) in [5.41, 5.74) is 0. The van der Waals surface area contributed by atoms with Gasteiger partial charge in [-0.15, -0.1) is 0 Å². The molecule has 0 spiro atoms. The number of aliphatic carboxylic acids is 1. The second kappa shape index (κ2) is 7.24. The molecule has 1 aliphatic carbocycles. The molecule has 2 N–H and O–H groups in total. The average molecular weight is 261 g/mol. The van der Waals surface area contributed by atoms with Gasteiger partial charge < -0.3 is 9.66 Å². The Morgan fingerprint density at radius 1 is 1.53 bits per heavy atom. The van der Waals surface area contributed by atoms with Gasteiger partial charge in [-0.3, -0.25) is 10.1 Å². The van der Waals surface area contributed by atoms with Crippen molar-refractivity contribution in [3.63, 3.8) is 0 Å². The normalized spacial score (nSPS) is 20.9. The molecule has 2 unspecified atom stereocenters. The van der Waals surface area contributed by atoms with Crippen molar-refractivity contribution in [2.45, 2.75) is 63.3 Å². The van der Waals surface area contributed by atoms with Gasteiger partial charge in [0.1, 0.15) is 11.0 Å². The highest BCUT2D eigenvalue weighted by atomic mass is 32.2. The largest absolute Gasteiger partial charge is 0.616 e. The van der Waals surface area contributed by atoms with Gasteiger partial charge in [-0.05, 0) is 36.9 Å². The van der Waals surface area contributed by atoms with Gasteiger partial charge in [-0.25, -0.2) is 0 Å². The van der Waals surface area contributed by atoms with Crippen molar-refractivity contribution in [2.75, 3.05) is 5.75 Å². The van der Waals surface area contributed by atoms with Crippen molar-refractivity contribution >= 4 is 17.1 Å². The van der Waals surface area contributed by atoms with Crippen LogP contribution in [0.5, 0.6) is 0 Å². The van der Waals surface area contributed by atoms with E-state index in [1.54, 1.807) is 0 Å². The first-order chi connectivity index (χ1) is 8.08. The maximum absolute atomic E-state index is 12.1. The molecule has 1 aliphatic rings. The molecule has 4 nitrogen and oxygen atoms in total. The Hall–Kier alpha value is -0.260. The second-order valence-corrected chi connectivity index (χ2v) is 6.46. The molecule has 0 aromatic rings. The van der Waals surface area contributed by atoms with Crippen LogP contribution in [0.1, 0.15) is 46.0 Å². The highest BCUT2D eigenvalue weighted by Crippen LogP contribution is 2.21. The van der Waals surface area contributed by atoms with E-state index in [0.717, 1.165) is 32.1 Å². The topological polar surface area (TPSA) is 72.4 Å². The van der Waals surface area contributed by atoms with Crippen molar-refractivity contribution < 1.29 is 14.5 Å². The Morgan fingerprint density at radius 2 is 2.18 bits per heavy atom. The minimum atomic E-state index is -1.04. The number of hydrogen-bond donors (Lipinski definition) is 2. The first kappa shape index (κ1) is 14.8. The van der Waals surface area contributed by atoms with Crippen molar-refractivity contribution in [2.24, 2.45) is 0 Å². The number of nitrogens with one attached hydrogen (secondary N) is 1. The lowest BCUT2D eigenvalue weighted by Crippen LogP contribution is -2.45. The van der Waals surface area contributed by atoms with E-state index in [1.807, 2.05) is 6.92 Å². The summed E-state index contributed by atoms with van der Waals surface area (Å²) in [6, 6.07) is -0.311. The molecule has 0 aromatic heterocycles. The molecule has 1 rings (SSSR count). The first-order valence-corrected chi connectivity index (χ1v) is 7.82. The van der Waals surface area contributed by atoms with Crippen LogP contribution < -0.4 is 5.32 Å². The molecule has 0 amide bonds. The van der Waals surface area contributed by atoms with E-state index < -0.39 is 23.2 Å². The summed E-state index contributed by atoms with van der Waals surface area (Å²) in [4.78, 5) is 11.1. The summed E-state index contributed by atoms with van der Waals surface area (Å²) in [6.07, 6.45) is 4.86. The van der Waals surface area contributed by atoms with Gasteiger partial charge in [0.05, 0.1) is 0 Å². The van der Waals surface area contributed by atoms with Gasteiger partial charge in [0, 0.05) is 6.04 Å². The van der Waals surface area contributed by atoms with E-state index >= 15 is 0 Å². The zero-order valence-electron chi connectivity index (χ0n) is 10.6. The maximum atomic E-state index is 12.1. The molecular formula is C12H23NO3S. The van der Waals surface area contributed by atoms with Crippen LogP contribution in [-0.4, -0.2) is 38.7 Å². The molecule has 0 saturated heterocycles. The van der Waals surface area contributed by atoms with Crippen molar-refractivity contribution in [1.82, 2.24) is 5.32 Å². The van der Waals surface area contributed by atoms with E-state index in [2.05, 4.69) is 12.2 Å². The Kier molecular flexibility index (Phi) is 6.30. The van der Waals surface area contributed by atoms with Crippen LogP contribution >= 0.6 is 0 Å². The molecule has 0 aromatic carbocycles. The van der Waals surface area contributed by atoms with Crippen LogP contribution in [-0.2, 0) is 16.0 Å². The number of rotatable bonds is 9. The third kappa shape index (κ3) is 5.27. The maximum Gasteiger partial charge on any atom is 0.325 e. The van der Waals surface area contributed by atoms with Crippen LogP contribution in [0.25, 0.3) is 0 Å². The van der Waals surface area contributed by atoms with Gasteiger partial charge in [0.2, 0.25) is 0 Å². The molecule has 0 bridgehead atoms. The van der Waals surface area contributed by atoms with Gasteiger partial charge in [0.25, 0.3) is 0 Å². The van der Waals surface area contributed by atoms with E-state index in [0.29, 0.717) is 6.04 Å². The zero-order valence-corrected chi connectivity index (χ0v) is 11.5. The minimum absolute atomic E-state index is 0.142. The summed E-state index contributed by atoms with van der Waals surface area (Å²) >= 11 is -1.04. The lowest BCUT2D eigenvalue weighted by molar-refractivity contribution is -0.138. The van der Waals surface area contributed by atoms with Crippen LogP contribution in [0.4, 0.5) is 0 Å². The standard InChI is InChI=1S/C12H23NO3S/c1-3-5-10(4-2)17(16)8-11(12(14)15)13-9-6-7-9/h9-11,13H,3-8H2,1-2H3,(H,14,15)/t10?,11-,17?/m0/s1. The molecule has 5 heteroatoms. The van der Waals surface area contributed by atoms with E-state index in [4.69, 9.17) is 5.11 Å². The van der Waals surface area contributed by atoms with E-state index in [1.165, 1.54) is 0 Å². The van der Waals surface area contributed by atoms with Crippen molar-refractivity contribution in [3.8, 4) is 0 Å². The fourth-order valence-electron chi connectivity index (χ4n) is 1.87. The number of carboxylic acids is 1. The minimum Gasteiger partial charge on any atom is -0.616 e. The third-order valence-electron chi connectivity index (χ3n) is 3.08. The summed E-state index contributed by atoms with van der Waals surface area (Å²) < 4.78 is 12.1.